The highest BCUT2D eigenvalue weighted by Crippen LogP contribution is 2.36. The number of benzene rings is 2. The first-order chi connectivity index (χ1) is 11.9. The van der Waals surface area contributed by atoms with Gasteiger partial charge in [0, 0.05) is 5.56 Å². The normalized spacial score (nSPS) is 12.2. The number of aryl methyl sites for hydroxylation is 1. The highest BCUT2D eigenvalue weighted by atomic mass is 19.4. The number of furan rings is 1. The van der Waals surface area contributed by atoms with Crippen LogP contribution in [0.25, 0.3) is 33.3 Å². The molecule has 0 fully saturated rings. The van der Waals surface area contributed by atoms with Crippen LogP contribution < -0.4 is 5.43 Å². The Kier molecular flexibility index (Phi) is 3.25. The van der Waals surface area contributed by atoms with E-state index in [0.29, 0.717) is 27.9 Å². The predicted octanol–water partition coefficient (Wildman–Crippen LogP) is 5.53. The van der Waals surface area contributed by atoms with E-state index < -0.39 is 11.7 Å². The van der Waals surface area contributed by atoms with E-state index in [2.05, 4.69) is 0 Å². The third kappa shape index (κ3) is 2.41. The summed E-state index contributed by atoms with van der Waals surface area (Å²) < 4.78 is 49.4. The Balaban J connectivity index is 2.00. The van der Waals surface area contributed by atoms with Crippen molar-refractivity contribution in [2.24, 2.45) is 0 Å². The molecule has 4 aromatic rings. The zero-order valence-electron chi connectivity index (χ0n) is 13.0. The molecule has 2 heterocycles. The zero-order valence-corrected chi connectivity index (χ0v) is 13.0. The Morgan fingerprint density at radius 1 is 0.920 bits per heavy atom. The first kappa shape index (κ1) is 15.5. The summed E-state index contributed by atoms with van der Waals surface area (Å²) in [6.45, 7) is 1.65. The molecule has 25 heavy (non-hydrogen) atoms. The van der Waals surface area contributed by atoms with Crippen LogP contribution in [0, 0.1) is 6.92 Å². The molecule has 0 aliphatic heterocycles. The number of hydrogen-bond donors (Lipinski definition) is 0. The molecule has 0 bridgehead atoms. The average molecular weight is 344 g/mol. The van der Waals surface area contributed by atoms with E-state index in [0.717, 1.165) is 12.1 Å². The summed E-state index contributed by atoms with van der Waals surface area (Å²) in [5, 5.41) is 0.625. The summed E-state index contributed by atoms with van der Waals surface area (Å²) in [4.78, 5) is 12.8. The van der Waals surface area contributed by atoms with Crippen LogP contribution >= 0.6 is 0 Å². The van der Waals surface area contributed by atoms with Gasteiger partial charge in [-0.05, 0) is 36.8 Å². The number of fused-ring (bicyclic) bond motifs is 2. The monoisotopic (exact) mass is 344 g/mol. The molecule has 0 amide bonds. The van der Waals surface area contributed by atoms with Gasteiger partial charge in [-0.2, -0.15) is 13.2 Å². The molecular weight excluding hydrogens is 333 g/mol. The van der Waals surface area contributed by atoms with Crippen LogP contribution in [-0.2, 0) is 6.18 Å². The van der Waals surface area contributed by atoms with Crippen molar-refractivity contribution in [1.82, 2.24) is 0 Å². The molecular formula is C19H11F3O3. The van der Waals surface area contributed by atoms with Gasteiger partial charge in [-0.15, -0.1) is 0 Å². The van der Waals surface area contributed by atoms with E-state index in [1.54, 1.807) is 31.2 Å². The van der Waals surface area contributed by atoms with E-state index in [1.165, 1.54) is 12.1 Å². The number of halogens is 3. The summed E-state index contributed by atoms with van der Waals surface area (Å²) in [6.07, 6.45) is -4.42. The van der Waals surface area contributed by atoms with Crippen LogP contribution in [0.15, 0.2) is 62.2 Å². The topological polar surface area (TPSA) is 43.4 Å². The van der Waals surface area contributed by atoms with Gasteiger partial charge in [-0.3, -0.25) is 4.79 Å². The second kappa shape index (κ2) is 5.24. The molecule has 6 heteroatoms. The summed E-state index contributed by atoms with van der Waals surface area (Å²) in [6, 6.07) is 11.4. The second-order valence-corrected chi connectivity index (χ2v) is 5.70. The Hall–Kier alpha value is -3.02. The fourth-order valence-electron chi connectivity index (χ4n) is 2.95. The second-order valence-electron chi connectivity index (χ2n) is 5.70. The maximum atomic E-state index is 12.8. The average Bonchev–Trinajstić information content (AvgIpc) is 2.90. The lowest BCUT2D eigenvalue weighted by Crippen LogP contribution is -2.04. The Morgan fingerprint density at radius 3 is 2.28 bits per heavy atom. The fourth-order valence-corrected chi connectivity index (χ4v) is 2.95. The molecule has 0 radical (unpaired) electrons. The van der Waals surface area contributed by atoms with Crippen LogP contribution in [0.5, 0.6) is 0 Å². The third-order valence-corrected chi connectivity index (χ3v) is 4.11. The van der Waals surface area contributed by atoms with Crippen LogP contribution in [0.1, 0.15) is 11.3 Å². The molecule has 0 aliphatic carbocycles. The highest BCUT2D eigenvalue weighted by Gasteiger charge is 2.30. The largest absolute Gasteiger partial charge is 0.430 e. The van der Waals surface area contributed by atoms with Crippen molar-refractivity contribution in [3.05, 3.63) is 70.1 Å². The lowest BCUT2D eigenvalue weighted by atomic mass is 10.0. The number of hydrogen-bond acceptors (Lipinski definition) is 3. The summed E-state index contributed by atoms with van der Waals surface area (Å²) in [7, 11) is 0. The standard InChI is InChI=1S/C19H11F3O3/c1-10-15(11-6-8-12(9-7-11)19(20,21)22)16-17(23)13-4-2-3-5-14(13)25-18(16)24-10/h2-9H,1H3. The molecule has 3 nitrogen and oxygen atoms in total. The molecule has 0 unspecified atom stereocenters. The van der Waals surface area contributed by atoms with Crippen molar-refractivity contribution in [2.45, 2.75) is 13.1 Å². The zero-order chi connectivity index (χ0) is 17.8. The van der Waals surface area contributed by atoms with E-state index in [9.17, 15) is 18.0 Å². The first-order valence-electron chi connectivity index (χ1n) is 7.49. The summed E-state index contributed by atoms with van der Waals surface area (Å²) >= 11 is 0. The lowest BCUT2D eigenvalue weighted by Gasteiger charge is -2.07. The van der Waals surface area contributed by atoms with Crippen molar-refractivity contribution in [3.8, 4) is 11.1 Å². The Labute approximate surface area is 139 Å². The summed E-state index contributed by atoms with van der Waals surface area (Å²) in [5.41, 5.74) is 0.283. The van der Waals surface area contributed by atoms with Crippen molar-refractivity contribution < 1.29 is 22.0 Å². The number of para-hydroxylation sites is 1. The molecule has 0 spiro atoms. The van der Waals surface area contributed by atoms with Crippen LogP contribution in [0.2, 0.25) is 0 Å². The van der Waals surface area contributed by atoms with Gasteiger partial charge in [0.1, 0.15) is 16.7 Å². The van der Waals surface area contributed by atoms with Gasteiger partial charge < -0.3 is 8.83 Å². The third-order valence-electron chi connectivity index (χ3n) is 4.11. The van der Waals surface area contributed by atoms with Crippen molar-refractivity contribution in [3.63, 3.8) is 0 Å². The van der Waals surface area contributed by atoms with E-state index in [1.807, 2.05) is 0 Å². The van der Waals surface area contributed by atoms with Gasteiger partial charge in [0.2, 0.25) is 5.43 Å². The minimum Gasteiger partial charge on any atom is -0.430 e. The van der Waals surface area contributed by atoms with E-state index in [4.69, 9.17) is 8.83 Å². The molecule has 2 aromatic carbocycles. The molecule has 126 valence electrons. The highest BCUT2D eigenvalue weighted by molar-refractivity contribution is 5.98. The maximum absolute atomic E-state index is 12.8. The van der Waals surface area contributed by atoms with Crippen LogP contribution in [0.4, 0.5) is 13.2 Å². The molecule has 2 aromatic heterocycles. The minimum atomic E-state index is -4.42. The van der Waals surface area contributed by atoms with E-state index >= 15 is 0 Å². The lowest BCUT2D eigenvalue weighted by molar-refractivity contribution is -0.137. The van der Waals surface area contributed by atoms with Crippen molar-refractivity contribution in [2.75, 3.05) is 0 Å². The fraction of sp³-hybridized carbons (Fsp3) is 0.105. The maximum Gasteiger partial charge on any atom is 0.416 e. The smallest absolute Gasteiger partial charge is 0.416 e. The minimum absolute atomic E-state index is 0.0658. The Morgan fingerprint density at radius 2 is 1.60 bits per heavy atom. The van der Waals surface area contributed by atoms with Gasteiger partial charge in [0.15, 0.2) is 0 Å². The molecule has 0 aliphatic rings. The van der Waals surface area contributed by atoms with Gasteiger partial charge >= 0.3 is 12.0 Å². The first-order valence-corrected chi connectivity index (χ1v) is 7.49. The molecule has 0 saturated carbocycles. The number of alkyl halides is 3. The quantitative estimate of drug-likeness (QED) is 0.456. The number of rotatable bonds is 1. The van der Waals surface area contributed by atoms with E-state index in [-0.39, 0.29) is 16.6 Å². The van der Waals surface area contributed by atoms with Gasteiger partial charge in [-0.1, -0.05) is 24.3 Å². The SMILES string of the molecule is Cc1oc2oc3ccccc3c(=O)c2c1-c1ccc(C(F)(F)F)cc1. The van der Waals surface area contributed by atoms with Crippen LogP contribution in [-0.4, -0.2) is 0 Å². The predicted molar refractivity (Wildman–Crippen MR) is 87.4 cm³/mol. The summed E-state index contributed by atoms with van der Waals surface area (Å²) in [5.74, 6) is 0.474. The van der Waals surface area contributed by atoms with Crippen molar-refractivity contribution in [1.29, 1.82) is 0 Å². The van der Waals surface area contributed by atoms with Gasteiger partial charge in [0.25, 0.3) is 0 Å². The van der Waals surface area contributed by atoms with Gasteiger partial charge in [0.05, 0.1) is 10.9 Å². The molecule has 0 N–H and O–H groups in total. The molecule has 4 rings (SSSR count). The van der Waals surface area contributed by atoms with Crippen LogP contribution in [0.3, 0.4) is 0 Å². The Bertz CT molecular complexity index is 1150. The molecule has 0 saturated heterocycles. The van der Waals surface area contributed by atoms with Crippen molar-refractivity contribution >= 4 is 22.1 Å². The van der Waals surface area contributed by atoms with Gasteiger partial charge in [-0.25, -0.2) is 0 Å². The molecule has 0 atom stereocenters.